The van der Waals surface area contributed by atoms with Crippen LogP contribution in [0.25, 0.3) is 0 Å². The number of anilines is 1. The second-order valence-electron chi connectivity index (χ2n) is 5.02. The van der Waals surface area contributed by atoms with Gasteiger partial charge in [-0.15, -0.1) is 0 Å². The van der Waals surface area contributed by atoms with E-state index in [-0.39, 0.29) is 17.6 Å². The van der Waals surface area contributed by atoms with Gasteiger partial charge in [0.1, 0.15) is 0 Å². The lowest BCUT2D eigenvalue weighted by Crippen LogP contribution is -2.34. The smallest absolute Gasteiger partial charge is 0.337 e. The quantitative estimate of drug-likeness (QED) is 0.837. The molecular weight excluding hydrogens is 258 g/mol. The van der Waals surface area contributed by atoms with Crippen LogP contribution in [0.4, 0.5) is 5.69 Å². The van der Waals surface area contributed by atoms with Crippen molar-refractivity contribution in [2.24, 2.45) is 5.92 Å². The Morgan fingerprint density at radius 1 is 1.35 bits per heavy atom. The number of hydrogen-bond donors (Lipinski definition) is 2. The fourth-order valence-corrected chi connectivity index (χ4v) is 2.46. The van der Waals surface area contributed by atoms with Crippen molar-refractivity contribution in [3.63, 3.8) is 0 Å². The van der Waals surface area contributed by atoms with E-state index in [4.69, 9.17) is 9.84 Å². The normalized spacial score (nSPS) is 21.1. The number of carboxylic acids is 1. The highest BCUT2D eigenvalue weighted by Crippen LogP contribution is 2.33. The first-order chi connectivity index (χ1) is 9.60. The number of hydrogen-bond acceptors (Lipinski definition) is 3. The summed E-state index contributed by atoms with van der Waals surface area (Å²) in [6.07, 6.45) is 2.50. The van der Waals surface area contributed by atoms with Gasteiger partial charge < -0.3 is 15.2 Å². The molecule has 0 aromatic heterocycles. The summed E-state index contributed by atoms with van der Waals surface area (Å²) in [4.78, 5) is 23.0. The third-order valence-electron chi connectivity index (χ3n) is 3.50. The molecule has 0 heterocycles. The molecule has 0 bridgehead atoms. The first-order valence-electron chi connectivity index (χ1n) is 6.84. The SMILES string of the molecule is CCOC1CC(CC(=O)Nc2ccccc2C(=O)O)C1. The molecule has 1 aromatic rings. The van der Waals surface area contributed by atoms with Gasteiger partial charge in [0.2, 0.25) is 5.91 Å². The minimum atomic E-state index is -1.04. The molecule has 1 fully saturated rings. The zero-order valence-corrected chi connectivity index (χ0v) is 11.5. The maximum atomic E-state index is 11.9. The first-order valence-corrected chi connectivity index (χ1v) is 6.84. The van der Waals surface area contributed by atoms with Gasteiger partial charge in [-0.2, -0.15) is 0 Å². The monoisotopic (exact) mass is 277 g/mol. The summed E-state index contributed by atoms with van der Waals surface area (Å²) in [5.41, 5.74) is 0.465. The molecule has 20 heavy (non-hydrogen) atoms. The Labute approximate surface area is 117 Å². The fourth-order valence-electron chi connectivity index (χ4n) is 2.46. The van der Waals surface area contributed by atoms with Crippen LogP contribution in [-0.4, -0.2) is 29.7 Å². The Morgan fingerprint density at radius 3 is 2.70 bits per heavy atom. The second kappa shape index (κ2) is 6.52. The Morgan fingerprint density at radius 2 is 2.05 bits per heavy atom. The third-order valence-corrected chi connectivity index (χ3v) is 3.50. The number of carbonyl (C=O) groups excluding carboxylic acids is 1. The zero-order chi connectivity index (χ0) is 14.5. The number of benzene rings is 1. The summed E-state index contributed by atoms with van der Waals surface area (Å²) >= 11 is 0. The number of rotatable bonds is 6. The van der Waals surface area contributed by atoms with Crippen molar-refractivity contribution in [1.82, 2.24) is 0 Å². The molecule has 2 N–H and O–H groups in total. The van der Waals surface area contributed by atoms with Crippen LogP contribution >= 0.6 is 0 Å². The van der Waals surface area contributed by atoms with Crippen LogP contribution in [0.2, 0.25) is 0 Å². The van der Waals surface area contributed by atoms with E-state index in [1.54, 1.807) is 18.2 Å². The Balaban J connectivity index is 1.85. The molecule has 5 heteroatoms. The summed E-state index contributed by atoms with van der Waals surface area (Å²) < 4.78 is 5.45. The van der Waals surface area contributed by atoms with Crippen molar-refractivity contribution in [2.45, 2.75) is 32.3 Å². The molecule has 1 aliphatic rings. The lowest BCUT2D eigenvalue weighted by Gasteiger charge is -2.34. The molecule has 2 rings (SSSR count). The van der Waals surface area contributed by atoms with Gasteiger partial charge in [0.25, 0.3) is 0 Å². The van der Waals surface area contributed by atoms with Crippen LogP contribution in [0.3, 0.4) is 0 Å². The summed E-state index contributed by atoms with van der Waals surface area (Å²) in [5.74, 6) is -0.844. The average molecular weight is 277 g/mol. The van der Waals surface area contributed by atoms with E-state index in [1.165, 1.54) is 6.07 Å². The van der Waals surface area contributed by atoms with Gasteiger partial charge in [-0.25, -0.2) is 4.79 Å². The van der Waals surface area contributed by atoms with Crippen LogP contribution in [0.15, 0.2) is 24.3 Å². The van der Waals surface area contributed by atoms with Gasteiger partial charge in [-0.05, 0) is 37.8 Å². The lowest BCUT2D eigenvalue weighted by molar-refractivity contribution is -0.119. The molecule has 0 saturated heterocycles. The predicted molar refractivity (Wildman–Crippen MR) is 74.8 cm³/mol. The van der Waals surface area contributed by atoms with Gasteiger partial charge in [-0.3, -0.25) is 4.79 Å². The molecule has 108 valence electrons. The van der Waals surface area contributed by atoms with Crippen molar-refractivity contribution in [1.29, 1.82) is 0 Å². The number of carboxylic acid groups (broad SMARTS) is 1. The van der Waals surface area contributed by atoms with Gasteiger partial charge in [-0.1, -0.05) is 12.1 Å². The van der Waals surface area contributed by atoms with E-state index in [0.29, 0.717) is 24.6 Å². The highest BCUT2D eigenvalue weighted by molar-refractivity contribution is 6.00. The van der Waals surface area contributed by atoms with Crippen molar-refractivity contribution >= 4 is 17.6 Å². The summed E-state index contributed by atoms with van der Waals surface area (Å²) in [7, 11) is 0. The van der Waals surface area contributed by atoms with E-state index in [0.717, 1.165) is 12.8 Å². The molecule has 0 radical (unpaired) electrons. The van der Waals surface area contributed by atoms with Crippen molar-refractivity contribution in [3.8, 4) is 0 Å². The second-order valence-corrected chi connectivity index (χ2v) is 5.02. The highest BCUT2D eigenvalue weighted by Gasteiger charge is 2.31. The summed E-state index contributed by atoms with van der Waals surface area (Å²) in [6, 6.07) is 6.42. The van der Waals surface area contributed by atoms with E-state index in [1.807, 2.05) is 6.92 Å². The fraction of sp³-hybridized carbons (Fsp3) is 0.467. The topological polar surface area (TPSA) is 75.6 Å². The maximum Gasteiger partial charge on any atom is 0.337 e. The molecule has 0 aliphatic heterocycles. The molecule has 1 aliphatic carbocycles. The van der Waals surface area contributed by atoms with Crippen LogP contribution in [0.1, 0.15) is 36.5 Å². The number of para-hydroxylation sites is 1. The molecule has 0 spiro atoms. The van der Waals surface area contributed by atoms with Crippen LogP contribution in [0, 0.1) is 5.92 Å². The van der Waals surface area contributed by atoms with E-state index in [9.17, 15) is 9.59 Å². The van der Waals surface area contributed by atoms with E-state index < -0.39 is 5.97 Å². The van der Waals surface area contributed by atoms with Crippen LogP contribution in [-0.2, 0) is 9.53 Å². The maximum absolute atomic E-state index is 11.9. The number of carbonyl (C=O) groups is 2. The summed E-state index contributed by atoms with van der Waals surface area (Å²) in [6.45, 7) is 2.67. The van der Waals surface area contributed by atoms with Crippen LogP contribution in [0.5, 0.6) is 0 Å². The number of aromatic carboxylic acids is 1. The molecule has 1 aromatic carbocycles. The van der Waals surface area contributed by atoms with E-state index >= 15 is 0 Å². The average Bonchev–Trinajstić information content (AvgIpc) is 2.36. The molecule has 5 nitrogen and oxygen atoms in total. The number of nitrogens with one attached hydrogen (secondary N) is 1. The first kappa shape index (κ1) is 14.5. The summed E-state index contributed by atoms with van der Waals surface area (Å²) in [5, 5.41) is 11.7. The number of ether oxygens (including phenoxy) is 1. The third kappa shape index (κ3) is 3.57. The van der Waals surface area contributed by atoms with Gasteiger partial charge in [0, 0.05) is 13.0 Å². The van der Waals surface area contributed by atoms with Crippen molar-refractivity contribution < 1.29 is 19.4 Å². The van der Waals surface area contributed by atoms with Gasteiger partial charge in [0.05, 0.1) is 17.4 Å². The molecule has 0 atom stereocenters. The zero-order valence-electron chi connectivity index (χ0n) is 11.5. The minimum Gasteiger partial charge on any atom is -0.478 e. The van der Waals surface area contributed by atoms with Crippen LogP contribution < -0.4 is 5.32 Å². The molecule has 1 amide bonds. The highest BCUT2D eigenvalue weighted by atomic mass is 16.5. The van der Waals surface area contributed by atoms with Crippen molar-refractivity contribution in [2.75, 3.05) is 11.9 Å². The minimum absolute atomic E-state index is 0.113. The Kier molecular flexibility index (Phi) is 4.74. The van der Waals surface area contributed by atoms with Gasteiger partial charge in [0.15, 0.2) is 0 Å². The molecular formula is C15H19NO4. The van der Waals surface area contributed by atoms with Crippen molar-refractivity contribution in [3.05, 3.63) is 29.8 Å². The number of amides is 1. The molecule has 1 saturated carbocycles. The largest absolute Gasteiger partial charge is 0.478 e. The predicted octanol–water partition coefficient (Wildman–Crippen LogP) is 2.53. The van der Waals surface area contributed by atoms with E-state index in [2.05, 4.69) is 5.32 Å². The standard InChI is InChI=1S/C15H19NO4/c1-2-20-11-7-10(8-11)9-14(17)16-13-6-4-3-5-12(13)15(18)19/h3-6,10-11H,2,7-9H2,1H3,(H,16,17)(H,18,19). The Hall–Kier alpha value is -1.88. The van der Waals surface area contributed by atoms with Gasteiger partial charge >= 0.3 is 5.97 Å². The molecule has 0 unspecified atom stereocenters. The lowest BCUT2D eigenvalue weighted by atomic mass is 9.80. The Bertz CT molecular complexity index is 494.